The Morgan fingerprint density at radius 3 is 2.81 bits per heavy atom. The minimum absolute atomic E-state index is 0.905. The second-order valence-electron chi connectivity index (χ2n) is 4.71. The number of hydrogen-bond donors (Lipinski definition) is 1. The van der Waals surface area contributed by atoms with E-state index in [-0.39, 0.29) is 0 Å². The van der Waals surface area contributed by atoms with Gasteiger partial charge in [-0.25, -0.2) is 9.67 Å². The molecule has 3 aromatic heterocycles. The van der Waals surface area contributed by atoms with E-state index < -0.39 is 0 Å². The maximum Gasteiger partial charge on any atom is 0.160 e. The molecule has 0 fully saturated rings. The summed E-state index contributed by atoms with van der Waals surface area (Å²) in [5, 5.41) is 7.66. The summed E-state index contributed by atoms with van der Waals surface area (Å²) < 4.78 is 3.82. The quantitative estimate of drug-likeness (QED) is 0.624. The summed E-state index contributed by atoms with van der Waals surface area (Å²) in [6.07, 6.45) is 9.40. The van der Waals surface area contributed by atoms with Gasteiger partial charge >= 0.3 is 0 Å². The lowest BCUT2D eigenvalue weighted by Gasteiger charge is -2.09. The molecule has 4 rings (SSSR count). The molecule has 0 radical (unpaired) electrons. The number of anilines is 2. The highest BCUT2D eigenvalue weighted by molar-refractivity contribution is 5.74. The zero-order valence-electron chi connectivity index (χ0n) is 11.2. The minimum atomic E-state index is 0.905. The molecule has 1 aromatic carbocycles. The number of pyridine rings is 1. The van der Waals surface area contributed by atoms with Gasteiger partial charge in [0.15, 0.2) is 5.65 Å². The average Bonchev–Trinajstić information content (AvgIpc) is 3.20. The van der Waals surface area contributed by atoms with Crippen molar-refractivity contribution in [3.05, 3.63) is 73.4 Å². The topological polar surface area (TPSA) is 47.1 Å². The van der Waals surface area contributed by atoms with Gasteiger partial charge in [-0.15, -0.1) is 0 Å². The summed E-state index contributed by atoms with van der Waals surface area (Å²) in [7, 11) is 0. The van der Waals surface area contributed by atoms with Crippen LogP contribution in [0.15, 0.2) is 73.4 Å². The van der Waals surface area contributed by atoms with Crippen LogP contribution in [-0.2, 0) is 0 Å². The fraction of sp³-hybridized carbons (Fsp3) is 0. The maximum absolute atomic E-state index is 4.37. The molecule has 0 spiro atoms. The first kappa shape index (κ1) is 11.7. The fourth-order valence-corrected chi connectivity index (χ4v) is 2.35. The van der Waals surface area contributed by atoms with Gasteiger partial charge < -0.3 is 9.72 Å². The number of imidazole rings is 1. The molecule has 0 aliphatic heterocycles. The summed E-state index contributed by atoms with van der Waals surface area (Å²) in [6.45, 7) is 0. The predicted molar refractivity (Wildman–Crippen MR) is 82.0 cm³/mol. The third-order valence-electron chi connectivity index (χ3n) is 3.31. The number of hydrogen-bond acceptors (Lipinski definition) is 3. The predicted octanol–water partition coefficient (Wildman–Crippen LogP) is 3.26. The highest BCUT2D eigenvalue weighted by Gasteiger charge is 2.03. The second kappa shape index (κ2) is 4.79. The van der Waals surface area contributed by atoms with Crippen molar-refractivity contribution in [3.8, 4) is 5.69 Å². The van der Waals surface area contributed by atoms with Crippen molar-refractivity contribution in [3.63, 3.8) is 0 Å². The Kier molecular flexibility index (Phi) is 2.67. The largest absolute Gasteiger partial charge is 0.352 e. The number of fused-ring (bicyclic) bond motifs is 1. The van der Waals surface area contributed by atoms with Gasteiger partial charge in [-0.1, -0.05) is 6.07 Å². The van der Waals surface area contributed by atoms with Crippen molar-refractivity contribution in [2.45, 2.75) is 0 Å². The lowest BCUT2D eigenvalue weighted by atomic mass is 10.2. The first-order valence-electron chi connectivity index (χ1n) is 6.69. The van der Waals surface area contributed by atoms with E-state index >= 15 is 0 Å². The van der Waals surface area contributed by atoms with Crippen molar-refractivity contribution in [2.75, 3.05) is 5.32 Å². The van der Waals surface area contributed by atoms with Crippen LogP contribution in [0.3, 0.4) is 0 Å². The van der Waals surface area contributed by atoms with Crippen LogP contribution in [-0.4, -0.2) is 19.2 Å². The number of rotatable bonds is 3. The number of nitrogens with one attached hydrogen (secondary N) is 1. The molecule has 102 valence electrons. The minimum Gasteiger partial charge on any atom is -0.352 e. The van der Waals surface area contributed by atoms with Crippen LogP contribution >= 0.6 is 0 Å². The first-order valence-corrected chi connectivity index (χ1v) is 6.69. The summed E-state index contributed by atoms with van der Waals surface area (Å²) >= 11 is 0. The maximum atomic E-state index is 4.37. The molecule has 5 heteroatoms. The Morgan fingerprint density at radius 2 is 1.90 bits per heavy atom. The van der Waals surface area contributed by atoms with Gasteiger partial charge in [-0.2, -0.15) is 5.10 Å². The molecular formula is C16H13N5. The standard InChI is InChI=1S/C16H13N5/c1-4-13(12-14(5-1)21-10-3-7-18-21)19-15-6-2-9-20-11-8-17-16(15)20/h1-12,19H. The van der Waals surface area contributed by atoms with E-state index in [1.165, 1.54) is 0 Å². The van der Waals surface area contributed by atoms with Gasteiger partial charge in [0.25, 0.3) is 0 Å². The molecule has 0 amide bonds. The van der Waals surface area contributed by atoms with Crippen molar-refractivity contribution < 1.29 is 0 Å². The van der Waals surface area contributed by atoms with E-state index in [9.17, 15) is 0 Å². The van der Waals surface area contributed by atoms with Gasteiger partial charge in [0.2, 0.25) is 0 Å². The van der Waals surface area contributed by atoms with E-state index in [2.05, 4.69) is 21.5 Å². The molecule has 0 unspecified atom stereocenters. The Hall–Kier alpha value is -3.08. The van der Waals surface area contributed by atoms with Crippen molar-refractivity contribution in [1.82, 2.24) is 19.2 Å². The number of nitrogens with zero attached hydrogens (tertiary/aromatic N) is 4. The van der Waals surface area contributed by atoms with Crippen LogP contribution in [0.4, 0.5) is 11.4 Å². The molecule has 0 saturated heterocycles. The third-order valence-corrected chi connectivity index (χ3v) is 3.31. The Labute approximate surface area is 121 Å². The Bertz CT molecular complexity index is 876. The van der Waals surface area contributed by atoms with E-state index in [4.69, 9.17) is 0 Å². The molecule has 0 aliphatic carbocycles. The van der Waals surface area contributed by atoms with Gasteiger partial charge in [-0.3, -0.25) is 0 Å². The summed E-state index contributed by atoms with van der Waals surface area (Å²) in [6, 6.07) is 14.0. The average molecular weight is 275 g/mol. The van der Waals surface area contributed by atoms with Gasteiger partial charge in [-0.05, 0) is 36.4 Å². The molecular weight excluding hydrogens is 262 g/mol. The summed E-state index contributed by atoms with van der Waals surface area (Å²) in [5.74, 6) is 0. The Morgan fingerprint density at radius 1 is 0.905 bits per heavy atom. The molecule has 0 atom stereocenters. The lowest BCUT2D eigenvalue weighted by Crippen LogP contribution is -1.97. The molecule has 3 heterocycles. The normalized spacial score (nSPS) is 10.9. The van der Waals surface area contributed by atoms with Crippen LogP contribution in [0.5, 0.6) is 0 Å². The van der Waals surface area contributed by atoms with Crippen LogP contribution in [0.2, 0.25) is 0 Å². The summed E-state index contributed by atoms with van der Waals surface area (Å²) in [5.41, 5.74) is 3.89. The van der Waals surface area contributed by atoms with Crippen LogP contribution < -0.4 is 5.32 Å². The molecule has 0 bridgehead atoms. The summed E-state index contributed by atoms with van der Waals surface area (Å²) in [4.78, 5) is 4.37. The molecule has 0 saturated carbocycles. The smallest absolute Gasteiger partial charge is 0.160 e. The number of aromatic nitrogens is 4. The molecule has 1 N–H and O–H groups in total. The Balaban J connectivity index is 1.71. The second-order valence-corrected chi connectivity index (χ2v) is 4.71. The lowest BCUT2D eigenvalue weighted by molar-refractivity contribution is 0.881. The van der Waals surface area contributed by atoms with Crippen LogP contribution in [0.25, 0.3) is 11.3 Å². The van der Waals surface area contributed by atoms with Crippen molar-refractivity contribution in [1.29, 1.82) is 0 Å². The molecule has 4 aromatic rings. The van der Waals surface area contributed by atoms with Gasteiger partial charge in [0, 0.05) is 36.7 Å². The van der Waals surface area contributed by atoms with Gasteiger partial charge in [0.05, 0.1) is 11.4 Å². The van der Waals surface area contributed by atoms with Gasteiger partial charge in [0.1, 0.15) is 0 Å². The molecule has 21 heavy (non-hydrogen) atoms. The van der Waals surface area contributed by atoms with Crippen molar-refractivity contribution in [2.24, 2.45) is 0 Å². The zero-order chi connectivity index (χ0) is 14.1. The monoisotopic (exact) mass is 275 g/mol. The van der Waals surface area contributed by atoms with E-state index in [1.807, 2.05) is 64.1 Å². The third kappa shape index (κ3) is 2.14. The number of benzene rings is 1. The van der Waals surface area contributed by atoms with E-state index in [0.717, 1.165) is 22.7 Å². The highest BCUT2D eigenvalue weighted by Crippen LogP contribution is 2.22. The van der Waals surface area contributed by atoms with Crippen LogP contribution in [0.1, 0.15) is 0 Å². The first-order chi connectivity index (χ1) is 10.4. The fourth-order valence-electron chi connectivity index (χ4n) is 2.35. The van der Waals surface area contributed by atoms with E-state index in [0.29, 0.717) is 0 Å². The van der Waals surface area contributed by atoms with Crippen molar-refractivity contribution >= 4 is 17.0 Å². The van der Waals surface area contributed by atoms with Crippen LogP contribution in [0, 0.1) is 0 Å². The SMILES string of the molecule is c1cc(Nc2cccn3ccnc23)cc(-n2cccn2)c1. The molecule has 0 aliphatic rings. The zero-order valence-corrected chi connectivity index (χ0v) is 11.2. The van der Waals surface area contributed by atoms with E-state index in [1.54, 1.807) is 12.4 Å². The molecule has 5 nitrogen and oxygen atoms in total. The highest BCUT2D eigenvalue weighted by atomic mass is 15.3.